The van der Waals surface area contributed by atoms with Crippen molar-refractivity contribution in [3.05, 3.63) is 17.8 Å². The first kappa shape index (κ1) is 10.8. The highest BCUT2D eigenvalue weighted by atomic mass is 16.4. The molecule has 0 aromatic carbocycles. The third kappa shape index (κ3) is 2.87. The summed E-state index contributed by atoms with van der Waals surface area (Å²) in [6.45, 7) is 6.00. The highest BCUT2D eigenvalue weighted by molar-refractivity contribution is 5.66. The van der Waals surface area contributed by atoms with E-state index in [1.807, 2.05) is 20.8 Å². The van der Waals surface area contributed by atoms with Crippen LogP contribution < -0.4 is 0 Å². The van der Waals surface area contributed by atoms with Crippen molar-refractivity contribution in [3.8, 4) is 0 Å². The number of hydrogen-bond donors (Lipinski definition) is 1. The largest absolute Gasteiger partial charge is 0.481 e. The summed E-state index contributed by atoms with van der Waals surface area (Å²) in [6.07, 6.45) is 2.05. The molecule has 1 aromatic rings. The van der Waals surface area contributed by atoms with Gasteiger partial charge in [-0.2, -0.15) is 0 Å². The summed E-state index contributed by atoms with van der Waals surface area (Å²) in [7, 11) is 0. The topological polar surface area (TPSA) is 63.3 Å². The second kappa shape index (κ2) is 3.82. The third-order valence-corrected chi connectivity index (χ3v) is 1.79. The molecular weight excluding hydrogens is 182 g/mol. The molecule has 0 unspecified atom stereocenters. The van der Waals surface area contributed by atoms with Crippen molar-refractivity contribution in [2.75, 3.05) is 0 Å². The molecule has 0 aliphatic heterocycles. The maximum atomic E-state index is 10.3. The normalized spacial score (nSPS) is 11.6. The van der Waals surface area contributed by atoms with E-state index < -0.39 is 5.97 Å². The van der Waals surface area contributed by atoms with E-state index in [0.717, 1.165) is 0 Å². The average Bonchev–Trinajstić information content (AvgIpc) is 2.47. The van der Waals surface area contributed by atoms with E-state index >= 15 is 0 Å². The zero-order valence-electron chi connectivity index (χ0n) is 8.70. The van der Waals surface area contributed by atoms with Crippen LogP contribution in [0.3, 0.4) is 0 Å². The fourth-order valence-corrected chi connectivity index (χ4v) is 1.00. The number of rotatable bonds is 3. The SMILES string of the molecule is CC(C)(C)c1nc(CCC(=O)O)co1. The first-order valence-corrected chi connectivity index (χ1v) is 4.56. The van der Waals surface area contributed by atoms with Gasteiger partial charge in [-0.25, -0.2) is 4.98 Å². The molecule has 0 saturated heterocycles. The Kier molecular flexibility index (Phi) is 2.93. The lowest BCUT2D eigenvalue weighted by molar-refractivity contribution is -0.136. The third-order valence-electron chi connectivity index (χ3n) is 1.79. The first-order chi connectivity index (χ1) is 6.39. The van der Waals surface area contributed by atoms with E-state index in [1.54, 1.807) is 0 Å². The molecule has 0 saturated carbocycles. The predicted octanol–water partition coefficient (Wildman–Crippen LogP) is 1.99. The molecule has 0 amide bonds. The summed E-state index contributed by atoms with van der Waals surface area (Å²) in [5.41, 5.74) is 0.582. The van der Waals surface area contributed by atoms with Crippen LogP contribution in [0.4, 0.5) is 0 Å². The van der Waals surface area contributed by atoms with Crippen LogP contribution in [-0.4, -0.2) is 16.1 Å². The Morgan fingerprint density at radius 2 is 2.21 bits per heavy atom. The van der Waals surface area contributed by atoms with E-state index in [9.17, 15) is 4.79 Å². The van der Waals surface area contributed by atoms with Gasteiger partial charge < -0.3 is 9.52 Å². The molecule has 0 fully saturated rings. The number of carboxylic acids is 1. The minimum Gasteiger partial charge on any atom is -0.481 e. The van der Waals surface area contributed by atoms with Gasteiger partial charge >= 0.3 is 5.97 Å². The van der Waals surface area contributed by atoms with Crippen molar-refractivity contribution in [1.82, 2.24) is 4.98 Å². The molecule has 0 aliphatic carbocycles. The summed E-state index contributed by atoms with van der Waals surface area (Å²) in [5, 5.41) is 8.48. The van der Waals surface area contributed by atoms with Gasteiger partial charge in [0.15, 0.2) is 5.89 Å². The van der Waals surface area contributed by atoms with E-state index in [2.05, 4.69) is 4.98 Å². The van der Waals surface area contributed by atoms with Crippen LogP contribution >= 0.6 is 0 Å². The number of nitrogens with zero attached hydrogens (tertiary/aromatic N) is 1. The van der Waals surface area contributed by atoms with Gasteiger partial charge in [0.05, 0.1) is 12.1 Å². The van der Waals surface area contributed by atoms with Gasteiger partial charge in [-0.3, -0.25) is 4.79 Å². The molecule has 14 heavy (non-hydrogen) atoms. The Labute approximate surface area is 83.0 Å². The van der Waals surface area contributed by atoms with Gasteiger partial charge in [0.25, 0.3) is 0 Å². The van der Waals surface area contributed by atoms with Gasteiger partial charge in [0.1, 0.15) is 6.26 Å². The van der Waals surface area contributed by atoms with Gasteiger partial charge in [0.2, 0.25) is 0 Å². The zero-order valence-corrected chi connectivity index (χ0v) is 8.70. The Morgan fingerprint density at radius 3 is 2.64 bits per heavy atom. The van der Waals surface area contributed by atoms with Gasteiger partial charge in [-0.1, -0.05) is 20.8 Å². The van der Waals surface area contributed by atoms with Crippen molar-refractivity contribution >= 4 is 5.97 Å². The van der Waals surface area contributed by atoms with Crippen molar-refractivity contribution < 1.29 is 14.3 Å². The summed E-state index contributed by atoms with van der Waals surface area (Å²) in [4.78, 5) is 14.5. The Morgan fingerprint density at radius 1 is 1.57 bits per heavy atom. The first-order valence-electron chi connectivity index (χ1n) is 4.56. The summed E-state index contributed by atoms with van der Waals surface area (Å²) in [5.74, 6) is -0.164. The minimum atomic E-state index is -0.815. The second-order valence-electron chi connectivity index (χ2n) is 4.29. The van der Waals surface area contributed by atoms with Gasteiger partial charge in [-0.05, 0) is 0 Å². The molecule has 1 heterocycles. The molecule has 0 bridgehead atoms. The fraction of sp³-hybridized carbons (Fsp3) is 0.600. The molecule has 0 aliphatic rings. The van der Waals surface area contributed by atoms with E-state index in [4.69, 9.17) is 9.52 Å². The monoisotopic (exact) mass is 197 g/mol. The number of oxazole rings is 1. The number of carboxylic acid groups (broad SMARTS) is 1. The number of aryl methyl sites for hydroxylation is 1. The van der Waals surface area contributed by atoms with Crippen molar-refractivity contribution in [3.63, 3.8) is 0 Å². The minimum absolute atomic E-state index is 0.0934. The highest BCUT2D eigenvalue weighted by Gasteiger charge is 2.20. The maximum absolute atomic E-state index is 10.3. The number of hydrogen-bond acceptors (Lipinski definition) is 3. The standard InChI is InChI=1S/C10H15NO3/c1-10(2,3)9-11-7(6-14-9)4-5-8(12)13/h6H,4-5H2,1-3H3,(H,12,13). The van der Waals surface area contributed by atoms with Crippen LogP contribution in [0.25, 0.3) is 0 Å². The van der Waals surface area contributed by atoms with Crippen LogP contribution in [0, 0.1) is 0 Å². The average molecular weight is 197 g/mol. The molecule has 0 radical (unpaired) electrons. The van der Waals surface area contributed by atoms with Gasteiger partial charge in [0, 0.05) is 11.8 Å². The van der Waals surface area contributed by atoms with Crippen molar-refractivity contribution in [2.24, 2.45) is 0 Å². The van der Waals surface area contributed by atoms with Crippen LogP contribution in [0.15, 0.2) is 10.7 Å². The molecule has 0 spiro atoms. The molecule has 78 valence electrons. The molecule has 0 atom stereocenters. The molecular formula is C10H15NO3. The zero-order chi connectivity index (χ0) is 10.8. The Bertz CT molecular complexity index is 322. The van der Waals surface area contributed by atoms with Crippen LogP contribution in [0.5, 0.6) is 0 Å². The fourth-order valence-electron chi connectivity index (χ4n) is 1.00. The lowest BCUT2D eigenvalue weighted by atomic mass is 9.97. The molecule has 4 heteroatoms. The van der Waals surface area contributed by atoms with Crippen LogP contribution in [0.2, 0.25) is 0 Å². The molecule has 1 aromatic heterocycles. The Balaban J connectivity index is 2.64. The van der Waals surface area contributed by atoms with E-state index in [-0.39, 0.29) is 11.8 Å². The lowest BCUT2D eigenvalue weighted by Crippen LogP contribution is -2.11. The van der Waals surface area contributed by atoms with E-state index in [1.165, 1.54) is 6.26 Å². The van der Waals surface area contributed by atoms with Crippen molar-refractivity contribution in [2.45, 2.75) is 39.0 Å². The Hall–Kier alpha value is -1.32. The maximum Gasteiger partial charge on any atom is 0.303 e. The van der Waals surface area contributed by atoms with Crippen molar-refractivity contribution in [1.29, 1.82) is 0 Å². The predicted molar refractivity (Wildman–Crippen MR) is 51.2 cm³/mol. The summed E-state index contributed by atoms with van der Waals surface area (Å²) >= 11 is 0. The number of carbonyl (C=O) groups is 1. The summed E-state index contributed by atoms with van der Waals surface area (Å²) in [6, 6.07) is 0. The molecule has 4 nitrogen and oxygen atoms in total. The highest BCUT2D eigenvalue weighted by Crippen LogP contribution is 2.21. The second-order valence-corrected chi connectivity index (χ2v) is 4.29. The number of aromatic nitrogens is 1. The number of aliphatic carboxylic acids is 1. The van der Waals surface area contributed by atoms with Crippen LogP contribution in [0.1, 0.15) is 38.8 Å². The molecule has 1 rings (SSSR count). The summed E-state index contributed by atoms with van der Waals surface area (Å²) < 4.78 is 5.26. The van der Waals surface area contributed by atoms with Crippen LogP contribution in [-0.2, 0) is 16.6 Å². The van der Waals surface area contributed by atoms with Gasteiger partial charge in [-0.15, -0.1) is 0 Å². The smallest absolute Gasteiger partial charge is 0.303 e. The lowest BCUT2D eigenvalue weighted by Gasteiger charge is -2.11. The van der Waals surface area contributed by atoms with E-state index in [0.29, 0.717) is 18.0 Å². The molecule has 1 N–H and O–H groups in total. The quantitative estimate of drug-likeness (QED) is 0.804.